The van der Waals surface area contributed by atoms with Crippen LogP contribution in [0.15, 0.2) is 43.0 Å². The van der Waals surface area contributed by atoms with Crippen LogP contribution in [0.1, 0.15) is 27.2 Å². The molecule has 0 aliphatic heterocycles. The molecule has 2 nitrogen and oxygen atoms in total. The Morgan fingerprint density at radius 3 is 2.53 bits per heavy atom. The summed E-state index contributed by atoms with van der Waals surface area (Å²) in [4.78, 5) is 12.4. The van der Waals surface area contributed by atoms with Gasteiger partial charge in [0, 0.05) is 0 Å². The number of hydrogen-bond donors (Lipinski definition) is 0. The molecule has 0 bridgehead atoms. The Hall–Kier alpha value is -1.05. The second-order valence-electron chi connectivity index (χ2n) is 4.67. The van der Waals surface area contributed by atoms with Crippen LogP contribution in [0.25, 0.3) is 0 Å². The third-order valence-electron chi connectivity index (χ3n) is 3.04. The number of carbonyl (C=O) groups is 1. The first-order valence-electron chi connectivity index (χ1n) is 6.59. The van der Waals surface area contributed by atoms with Gasteiger partial charge in [0.25, 0.3) is 0 Å². The number of allylic oxidation sites excluding steroid dienone is 1. The van der Waals surface area contributed by atoms with Gasteiger partial charge in [-0.05, 0) is 0 Å². The van der Waals surface area contributed by atoms with Crippen LogP contribution < -0.4 is 4.46 Å². The van der Waals surface area contributed by atoms with Gasteiger partial charge in [-0.2, -0.15) is 0 Å². The summed E-state index contributed by atoms with van der Waals surface area (Å²) in [6.45, 7) is 10.3. The monoisotopic (exact) mass is 326 g/mol. The van der Waals surface area contributed by atoms with Gasteiger partial charge in [-0.1, -0.05) is 0 Å². The quantitative estimate of drug-likeness (QED) is 0.438. The molecular weight excluding hydrogens is 303 g/mol. The SMILES string of the molecule is C=CCC([Se]c1ccccc1)(C(=O)OCC)C(C)C. The first-order chi connectivity index (χ1) is 9.06. The maximum absolute atomic E-state index is 12.4. The topological polar surface area (TPSA) is 26.3 Å². The molecule has 0 aliphatic rings. The first kappa shape index (κ1) is 16.0. The van der Waals surface area contributed by atoms with Crippen molar-refractivity contribution in [2.45, 2.75) is 31.5 Å². The molecule has 1 unspecified atom stereocenters. The molecule has 1 rings (SSSR count). The number of benzene rings is 1. The zero-order valence-electron chi connectivity index (χ0n) is 11.9. The molecule has 19 heavy (non-hydrogen) atoms. The molecule has 1 aromatic rings. The zero-order chi connectivity index (χ0) is 14.3. The van der Waals surface area contributed by atoms with Crippen LogP contribution in [-0.4, -0.2) is 27.5 Å². The van der Waals surface area contributed by atoms with Gasteiger partial charge in [0.2, 0.25) is 0 Å². The van der Waals surface area contributed by atoms with Crippen molar-refractivity contribution in [2.24, 2.45) is 5.92 Å². The van der Waals surface area contributed by atoms with E-state index in [4.69, 9.17) is 4.74 Å². The molecular formula is C16H22O2Se. The third kappa shape index (κ3) is 3.95. The van der Waals surface area contributed by atoms with E-state index in [0.717, 1.165) is 0 Å². The van der Waals surface area contributed by atoms with E-state index in [0.29, 0.717) is 13.0 Å². The van der Waals surface area contributed by atoms with E-state index in [1.54, 1.807) is 0 Å². The molecule has 0 aliphatic carbocycles. The summed E-state index contributed by atoms with van der Waals surface area (Å²) < 4.78 is 6.09. The molecule has 0 amide bonds. The van der Waals surface area contributed by atoms with Crippen molar-refractivity contribution in [3.63, 3.8) is 0 Å². The average molecular weight is 325 g/mol. The summed E-state index contributed by atoms with van der Waals surface area (Å²) >= 11 is 0.0306. The van der Waals surface area contributed by atoms with E-state index >= 15 is 0 Å². The molecule has 0 N–H and O–H groups in total. The van der Waals surface area contributed by atoms with Crippen LogP contribution in [0, 0.1) is 5.92 Å². The fraction of sp³-hybridized carbons (Fsp3) is 0.438. The van der Waals surface area contributed by atoms with Crippen LogP contribution >= 0.6 is 0 Å². The molecule has 0 fully saturated rings. The summed E-state index contributed by atoms with van der Waals surface area (Å²) in [6.07, 6.45) is 2.50. The minimum absolute atomic E-state index is 0.0306. The third-order valence-corrected chi connectivity index (χ3v) is 6.56. The Morgan fingerprint density at radius 1 is 1.42 bits per heavy atom. The Kier molecular flexibility index (Phi) is 6.33. The van der Waals surface area contributed by atoms with E-state index < -0.39 is 4.31 Å². The summed E-state index contributed by atoms with van der Waals surface area (Å²) in [5, 5.41) is 0. The van der Waals surface area contributed by atoms with E-state index in [1.165, 1.54) is 4.46 Å². The molecule has 0 saturated heterocycles. The number of carbonyl (C=O) groups excluding carboxylic acids is 1. The number of ether oxygens (including phenoxy) is 1. The second-order valence-corrected chi connectivity index (χ2v) is 7.62. The summed E-state index contributed by atoms with van der Waals surface area (Å²) in [7, 11) is 0. The zero-order valence-corrected chi connectivity index (χ0v) is 13.6. The molecule has 0 heterocycles. The van der Waals surface area contributed by atoms with Gasteiger partial charge in [0.15, 0.2) is 0 Å². The average Bonchev–Trinajstić information content (AvgIpc) is 2.39. The predicted octanol–water partition coefficient (Wildman–Crippen LogP) is 2.97. The molecule has 104 valence electrons. The van der Waals surface area contributed by atoms with E-state index in [1.807, 2.05) is 31.2 Å². The molecule has 3 heteroatoms. The van der Waals surface area contributed by atoms with Gasteiger partial charge in [-0.15, -0.1) is 0 Å². The minimum atomic E-state index is -0.452. The first-order valence-corrected chi connectivity index (χ1v) is 8.30. The van der Waals surface area contributed by atoms with Gasteiger partial charge >= 0.3 is 122 Å². The summed E-state index contributed by atoms with van der Waals surface area (Å²) in [5.74, 6) is 0.138. The Balaban J connectivity index is 3.08. The number of esters is 1. The fourth-order valence-corrected chi connectivity index (χ4v) is 4.64. The predicted molar refractivity (Wildman–Crippen MR) is 80.8 cm³/mol. The van der Waals surface area contributed by atoms with Crippen molar-refractivity contribution in [2.75, 3.05) is 6.61 Å². The Bertz CT molecular complexity index is 414. The van der Waals surface area contributed by atoms with Crippen LogP contribution in [-0.2, 0) is 9.53 Å². The maximum atomic E-state index is 12.4. The number of hydrogen-bond acceptors (Lipinski definition) is 2. The van der Waals surface area contributed by atoms with Crippen molar-refractivity contribution in [3.05, 3.63) is 43.0 Å². The van der Waals surface area contributed by atoms with Crippen molar-refractivity contribution in [1.82, 2.24) is 0 Å². The van der Waals surface area contributed by atoms with E-state index in [2.05, 4.69) is 32.6 Å². The molecule has 0 spiro atoms. The van der Waals surface area contributed by atoms with Crippen molar-refractivity contribution in [1.29, 1.82) is 0 Å². The van der Waals surface area contributed by atoms with Gasteiger partial charge in [0.1, 0.15) is 0 Å². The van der Waals surface area contributed by atoms with E-state index in [-0.39, 0.29) is 26.8 Å². The summed E-state index contributed by atoms with van der Waals surface area (Å²) in [5.41, 5.74) is 0. The van der Waals surface area contributed by atoms with Crippen LogP contribution in [0.4, 0.5) is 0 Å². The molecule has 1 atom stereocenters. The molecule has 1 aromatic carbocycles. The van der Waals surface area contributed by atoms with Crippen LogP contribution in [0.2, 0.25) is 4.31 Å². The molecule has 0 aromatic heterocycles. The standard InChI is InChI=1S/C16H22O2Se/c1-5-12-16(13(3)4,15(17)18-6-2)19-14-10-8-7-9-11-14/h5,7-11,13H,1,6,12H2,2-4H3. The van der Waals surface area contributed by atoms with Crippen molar-refractivity contribution >= 4 is 25.4 Å². The Labute approximate surface area is 122 Å². The second kappa shape index (κ2) is 7.52. The fourth-order valence-electron chi connectivity index (χ4n) is 1.92. The van der Waals surface area contributed by atoms with Crippen molar-refractivity contribution < 1.29 is 9.53 Å². The normalized spacial score (nSPS) is 13.9. The molecule has 0 radical (unpaired) electrons. The van der Waals surface area contributed by atoms with Crippen molar-refractivity contribution in [3.8, 4) is 0 Å². The Morgan fingerprint density at radius 2 is 2.05 bits per heavy atom. The van der Waals surface area contributed by atoms with Crippen LogP contribution in [0.3, 0.4) is 0 Å². The van der Waals surface area contributed by atoms with Gasteiger partial charge in [0.05, 0.1) is 0 Å². The van der Waals surface area contributed by atoms with Gasteiger partial charge in [-0.25, -0.2) is 0 Å². The van der Waals surface area contributed by atoms with E-state index in [9.17, 15) is 4.79 Å². The van der Waals surface area contributed by atoms with Gasteiger partial charge < -0.3 is 0 Å². The summed E-state index contributed by atoms with van der Waals surface area (Å²) in [6, 6.07) is 10.2. The number of rotatable bonds is 7. The van der Waals surface area contributed by atoms with Crippen LogP contribution in [0.5, 0.6) is 0 Å². The molecule has 0 saturated carbocycles. The van der Waals surface area contributed by atoms with Gasteiger partial charge in [-0.3, -0.25) is 0 Å².